The lowest BCUT2D eigenvalue weighted by atomic mass is 9.92. The molecule has 1 aliphatic heterocycles. The second-order valence-electron chi connectivity index (χ2n) is 9.01. The lowest BCUT2D eigenvalue weighted by molar-refractivity contribution is -0.119. The first-order valence-corrected chi connectivity index (χ1v) is 11.9. The van der Waals surface area contributed by atoms with Crippen molar-refractivity contribution >= 4 is 40.7 Å². The maximum absolute atomic E-state index is 13.1. The van der Waals surface area contributed by atoms with Gasteiger partial charge in [0.2, 0.25) is 5.91 Å². The van der Waals surface area contributed by atoms with Crippen LogP contribution in [0.4, 0.5) is 5.69 Å². The second-order valence-corrected chi connectivity index (χ2v) is 10.4. The number of fused-ring (bicyclic) bond motifs is 1. The summed E-state index contributed by atoms with van der Waals surface area (Å²) in [5, 5.41) is 3.91. The van der Waals surface area contributed by atoms with Gasteiger partial charge < -0.3 is 5.32 Å². The van der Waals surface area contributed by atoms with Crippen molar-refractivity contribution in [3.8, 4) is 0 Å². The fraction of sp³-hybridized carbons (Fsp3) is 0.280. The van der Waals surface area contributed by atoms with Gasteiger partial charge in [-0.15, -0.1) is 0 Å². The number of nitrogens with one attached hydrogen (secondary N) is 1. The summed E-state index contributed by atoms with van der Waals surface area (Å²) in [7, 11) is 0. The molecule has 4 rings (SSSR count). The predicted octanol–water partition coefficient (Wildman–Crippen LogP) is 4.79. The first-order chi connectivity index (χ1) is 15.6. The van der Waals surface area contributed by atoms with E-state index in [4.69, 9.17) is 11.6 Å². The third-order valence-corrected chi connectivity index (χ3v) is 6.82. The Kier molecular flexibility index (Phi) is 6.45. The van der Waals surface area contributed by atoms with Crippen LogP contribution in [0.25, 0.3) is 0 Å². The van der Waals surface area contributed by atoms with Gasteiger partial charge in [-0.25, -0.2) is 4.98 Å². The van der Waals surface area contributed by atoms with E-state index in [1.54, 1.807) is 53.1 Å². The number of hydrogen-bond donors (Lipinski definition) is 1. The van der Waals surface area contributed by atoms with Crippen molar-refractivity contribution in [2.45, 2.75) is 37.9 Å². The summed E-state index contributed by atoms with van der Waals surface area (Å²) in [5.41, 5.74) is 1.55. The Balaban J connectivity index is 1.57. The lowest BCUT2D eigenvalue weighted by Crippen LogP contribution is -2.38. The normalized spacial score (nSPS) is 15.6. The highest BCUT2D eigenvalue weighted by Gasteiger charge is 2.29. The second kappa shape index (κ2) is 9.15. The van der Waals surface area contributed by atoms with Crippen molar-refractivity contribution in [3.63, 3.8) is 0 Å². The Bertz CT molecular complexity index is 1280. The highest BCUT2D eigenvalue weighted by molar-refractivity contribution is 7.99. The van der Waals surface area contributed by atoms with Crippen molar-refractivity contribution in [1.29, 1.82) is 0 Å². The monoisotopic (exact) mass is 481 g/mol. The Labute approximate surface area is 201 Å². The average Bonchev–Trinajstić information content (AvgIpc) is 2.79. The molecule has 1 aromatic heterocycles. The van der Waals surface area contributed by atoms with Crippen molar-refractivity contribution < 1.29 is 9.59 Å². The number of benzene rings is 2. The number of amides is 1. The molecule has 33 heavy (non-hydrogen) atoms. The molecule has 1 atom stereocenters. The van der Waals surface area contributed by atoms with Crippen LogP contribution < -0.4 is 10.9 Å². The summed E-state index contributed by atoms with van der Waals surface area (Å²) in [6.45, 7) is 6.27. The van der Waals surface area contributed by atoms with E-state index in [1.807, 2.05) is 26.8 Å². The molecule has 0 bridgehead atoms. The standard InChI is InChI=1S/C25H24ClN3O3S/c1-25(2,3)20-12-21(30)29-13-16(14-33-24(29)28-20)23(32)27-19-10-9-17(26)11-18(19)22(31)15-7-5-4-6-8-15/h4-12,16H,13-14H2,1-3H3,(H,27,32). The summed E-state index contributed by atoms with van der Waals surface area (Å²) in [6.07, 6.45) is 0. The molecular formula is C25H24ClN3O3S. The van der Waals surface area contributed by atoms with E-state index in [0.717, 1.165) is 5.69 Å². The molecule has 0 aliphatic carbocycles. The van der Waals surface area contributed by atoms with Crippen LogP contribution >= 0.6 is 23.4 Å². The number of halogens is 1. The van der Waals surface area contributed by atoms with Crippen LogP contribution in [0.15, 0.2) is 64.5 Å². The number of aromatic nitrogens is 2. The maximum Gasteiger partial charge on any atom is 0.254 e. The molecule has 0 spiro atoms. The quantitative estimate of drug-likeness (QED) is 0.428. The van der Waals surface area contributed by atoms with Gasteiger partial charge in [0.25, 0.3) is 5.56 Å². The summed E-state index contributed by atoms with van der Waals surface area (Å²) in [5.74, 6) is -0.448. The summed E-state index contributed by atoms with van der Waals surface area (Å²) in [6, 6.07) is 15.2. The molecule has 2 heterocycles. The van der Waals surface area contributed by atoms with Crippen LogP contribution in [0.1, 0.15) is 42.4 Å². The van der Waals surface area contributed by atoms with E-state index in [0.29, 0.717) is 32.7 Å². The molecule has 3 aromatic rings. The predicted molar refractivity (Wildman–Crippen MR) is 131 cm³/mol. The number of nitrogens with zero attached hydrogens (tertiary/aromatic N) is 2. The first-order valence-electron chi connectivity index (χ1n) is 10.6. The molecule has 1 aliphatic rings. The van der Waals surface area contributed by atoms with E-state index < -0.39 is 5.92 Å². The summed E-state index contributed by atoms with van der Waals surface area (Å²) in [4.78, 5) is 43.5. The summed E-state index contributed by atoms with van der Waals surface area (Å²) >= 11 is 7.53. The van der Waals surface area contributed by atoms with Gasteiger partial charge in [-0.3, -0.25) is 19.0 Å². The molecule has 1 N–H and O–H groups in total. The van der Waals surface area contributed by atoms with Crippen molar-refractivity contribution in [1.82, 2.24) is 9.55 Å². The smallest absolute Gasteiger partial charge is 0.254 e. The van der Waals surface area contributed by atoms with Gasteiger partial charge in [-0.2, -0.15) is 0 Å². The number of thioether (sulfide) groups is 1. The third-order valence-electron chi connectivity index (χ3n) is 5.45. The minimum atomic E-state index is -0.446. The van der Waals surface area contributed by atoms with Gasteiger partial charge in [0.1, 0.15) is 0 Å². The van der Waals surface area contributed by atoms with Crippen molar-refractivity contribution in [2.75, 3.05) is 11.1 Å². The number of hydrogen-bond acceptors (Lipinski definition) is 5. The molecular weight excluding hydrogens is 458 g/mol. The van der Waals surface area contributed by atoms with Crippen molar-refractivity contribution in [2.24, 2.45) is 5.92 Å². The zero-order chi connectivity index (χ0) is 23.8. The number of carbonyl (C=O) groups is 2. The van der Waals surface area contributed by atoms with Crippen LogP contribution in [0.2, 0.25) is 5.02 Å². The fourth-order valence-electron chi connectivity index (χ4n) is 3.55. The van der Waals surface area contributed by atoms with E-state index >= 15 is 0 Å². The third kappa shape index (κ3) is 5.04. The number of anilines is 1. The van der Waals surface area contributed by atoms with E-state index in [2.05, 4.69) is 10.3 Å². The average molecular weight is 482 g/mol. The lowest BCUT2D eigenvalue weighted by Gasteiger charge is -2.26. The molecule has 8 heteroatoms. The molecule has 6 nitrogen and oxygen atoms in total. The maximum atomic E-state index is 13.1. The van der Waals surface area contributed by atoms with Gasteiger partial charge in [0, 0.05) is 39.9 Å². The topological polar surface area (TPSA) is 81.1 Å². The van der Waals surface area contributed by atoms with Crippen LogP contribution in [0.3, 0.4) is 0 Å². The molecule has 0 fully saturated rings. The van der Waals surface area contributed by atoms with Gasteiger partial charge in [-0.05, 0) is 18.2 Å². The number of carbonyl (C=O) groups excluding carboxylic acids is 2. The van der Waals surface area contributed by atoms with Gasteiger partial charge in [0.15, 0.2) is 10.9 Å². The Morgan fingerprint density at radius 1 is 1.12 bits per heavy atom. The molecule has 170 valence electrons. The zero-order valence-corrected chi connectivity index (χ0v) is 20.2. The van der Waals surface area contributed by atoms with E-state index in [-0.39, 0.29) is 29.2 Å². The molecule has 2 aromatic carbocycles. The van der Waals surface area contributed by atoms with Crippen LogP contribution in [-0.2, 0) is 16.8 Å². The van der Waals surface area contributed by atoms with E-state index in [9.17, 15) is 14.4 Å². The largest absolute Gasteiger partial charge is 0.325 e. The minimum absolute atomic E-state index is 0.165. The summed E-state index contributed by atoms with van der Waals surface area (Å²) < 4.78 is 1.55. The molecule has 0 saturated heterocycles. The number of ketones is 1. The highest BCUT2D eigenvalue weighted by atomic mass is 35.5. The van der Waals surface area contributed by atoms with E-state index in [1.165, 1.54) is 11.8 Å². The van der Waals surface area contributed by atoms with Gasteiger partial charge in [-0.1, -0.05) is 74.5 Å². The highest BCUT2D eigenvalue weighted by Crippen LogP contribution is 2.30. The molecule has 0 saturated carbocycles. The zero-order valence-electron chi connectivity index (χ0n) is 18.6. The van der Waals surface area contributed by atoms with Gasteiger partial charge >= 0.3 is 0 Å². The minimum Gasteiger partial charge on any atom is -0.325 e. The Morgan fingerprint density at radius 2 is 1.85 bits per heavy atom. The number of rotatable bonds is 4. The Hall–Kier alpha value is -2.90. The van der Waals surface area contributed by atoms with Gasteiger partial charge in [0.05, 0.1) is 17.3 Å². The molecule has 1 amide bonds. The first kappa shape index (κ1) is 23.3. The molecule has 0 radical (unpaired) electrons. The fourth-order valence-corrected chi connectivity index (χ4v) is 4.81. The Morgan fingerprint density at radius 3 is 2.55 bits per heavy atom. The van der Waals surface area contributed by atoms with Crippen LogP contribution in [0, 0.1) is 5.92 Å². The van der Waals surface area contributed by atoms with Crippen molar-refractivity contribution in [3.05, 3.63) is 86.8 Å². The SMILES string of the molecule is CC(C)(C)c1cc(=O)n2c(n1)SCC(C(=O)Nc1ccc(Cl)cc1C(=O)c1ccccc1)C2. The van der Waals surface area contributed by atoms with Crippen LogP contribution in [-0.4, -0.2) is 27.0 Å². The van der Waals surface area contributed by atoms with Crippen LogP contribution in [0.5, 0.6) is 0 Å². The molecule has 1 unspecified atom stereocenters.